The third-order valence-corrected chi connectivity index (χ3v) is 6.00. The molecule has 4 aromatic rings. The minimum absolute atomic E-state index is 0.108. The molecule has 33 heavy (non-hydrogen) atoms. The fourth-order valence-electron chi connectivity index (χ4n) is 4.45. The quantitative estimate of drug-likeness (QED) is 0.433. The van der Waals surface area contributed by atoms with Crippen molar-refractivity contribution >= 4 is 16.9 Å². The van der Waals surface area contributed by atoms with Crippen LogP contribution in [-0.2, 0) is 4.79 Å². The SMILES string of the molecule is C=CC(=O)N1CCCC(n2c(=O)n(-c3ccc(Oc4ccccc4)cc3)c3ccncc32)C1. The van der Waals surface area contributed by atoms with Crippen LogP contribution in [0.5, 0.6) is 11.5 Å². The molecule has 3 heterocycles. The summed E-state index contributed by atoms with van der Waals surface area (Å²) in [7, 11) is 0. The number of imidazole rings is 1. The highest BCUT2D eigenvalue weighted by Crippen LogP contribution is 2.27. The first-order valence-electron chi connectivity index (χ1n) is 11.0. The molecule has 5 rings (SSSR count). The predicted molar refractivity (Wildman–Crippen MR) is 127 cm³/mol. The van der Waals surface area contributed by atoms with Crippen molar-refractivity contribution < 1.29 is 9.53 Å². The van der Waals surface area contributed by atoms with E-state index in [0.717, 1.165) is 35.3 Å². The van der Waals surface area contributed by atoms with Gasteiger partial charge in [-0.25, -0.2) is 4.79 Å². The third kappa shape index (κ3) is 3.93. The van der Waals surface area contributed by atoms with Gasteiger partial charge < -0.3 is 9.64 Å². The molecule has 1 aliphatic rings. The van der Waals surface area contributed by atoms with Crippen LogP contribution in [0.4, 0.5) is 0 Å². The second kappa shape index (κ2) is 8.78. The van der Waals surface area contributed by atoms with E-state index in [-0.39, 0.29) is 17.6 Å². The van der Waals surface area contributed by atoms with E-state index in [2.05, 4.69) is 11.6 Å². The maximum absolute atomic E-state index is 13.7. The van der Waals surface area contributed by atoms with Crippen molar-refractivity contribution in [2.75, 3.05) is 13.1 Å². The molecule has 1 amide bonds. The number of hydrogen-bond acceptors (Lipinski definition) is 4. The van der Waals surface area contributed by atoms with Crippen LogP contribution >= 0.6 is 0 Å². The number of piperidine rings is 1. The molecule has 2 aromatic carbocycles. The Bertz CT molecular complexity index is 1360. The predicted octanol–water partition coefficient (Wildman–Crippen LogP) is 4.33. The lowest BCUT2D eigenvalue weighted by Gasteiger charge is -2.32. The number of ether oxygens (including phenoxy) is 1. The Morgan fingerprint density at radius 1 is 1.03 bits per heavy atom. The van der Waals surface area contributed by atoms with Crippen LogP contribution in [0.3, 0.4) is 0 Å². The van der Waals surface area contributed by atoms with Crippen molar-refractivity contribution in [2.24, 2.45) is 0 Å². The molecular formula is C26H24N4O3. The lowest BCUT2D eigenvalue weighted by Crippen LogP contribution is -2.42. The molecule has 0 aliphatic carbocycles. The van der Waals surface area contributed by atoms with E-state index in [0.29, 0.717) is 18.8 Å². The van der Waals surface area contributed by atoms with Gasteiger partial charge in [0, 0.05) is 19.3 Å². The van der Waals surface area contributed by atoms with E-state index in [1.807, 2.05) is 60.7 Å². The first kappa shape index (κ1) is 20.8. The summed E-state index contributed by atoms with van der Waals surface area (Å²) < 4.78 is 9.35. The lowest BCUT2D eigenvalue weighted by atomic mass is 10.1. The zero-order chi connectivity index (χ0) is 22.8. The molecular weight excluding hydrogens is 416 g/mol. The highest BCUT2D eigenvalue weighted by molar-refractivity contribution is 5.87. The van der Waals surface area contributed by atoms with Gasteiger partial charge >= 0.3 is 5.69 Å². The Labute approximate surface area is 191 Å². The average molecular weight is 441 g/mol. The molecule has 0 saturated carbocycles. The van der Waals surface area contributed by atoms with Crippen LogP contribution in [0, 0.1) is 0 Å². The normalized spacial score (nSPS) is 16.0. The van der Waals surface area contributed by atoms with Gasteiger partial charge in [0.05, 0.1) is 29.0 Å². The fraction of sp³-hybridized carbons (Fsp3) is 0.192. The van der Waals surface area contributed by atoms with E-state index in [9.17, 15) is 9.59 Å². The van der Waals surface area contributed by atoms with Gasteiger partial charge in [-0.3, -0.25) is 18.9 Å². The Hall–Kier alpha value is -4.13. The van der Waals surface area contributed by atoms with Crippen molar-refractivity contribution in [2.45, 2.75) is 18.9 Å². The fourth-order valence-corrected chi connectivity index (χ4v) is 4.45. The Morgan fingerprint density at radius 2 is 1.79 bits per heavy atom. The summed E-state index contributed by atoms with van der Waals surface area (Å²) in [4.78, 5) is 31.8. The molecule has 7 nitrogen and oxygen atoms in total. The molecule has 1 saturated heterocycles. The molecule has 2 aromatic heterocycles. The summed E-state index contributed by atoms with van der Waals surface area (Å²) in [5.74, 6) is 1.33. The van der Waals surface area contributed by atoms with Gasteiger partial charge in [0.15, 0.2) is 0 Å². The Morgan fingerprint density at radius 3 is 2.55 bits per heavy atom. The van der Waals surface area contributed by atoms with Crippen molar-refractivity contribution in [3.05, 3.63) is 96.2 Å². The van der Waals surface area contributed by atoms with Crippen LogP contribution in [0.15, 0.2) is 90.5 Å². The van der Waals surface area contributed by atoms with Gasteiger partial charge in [-0.2, -0.15) is 0 Å². The monoisotopic (exact) mass is 440 g/mol. The molecule has 0 spiro atoms. The smallest absolute Gasteiger partial charge is 0.334 e. The Kier molecular flexibility index (Phi) is 5.52. The lowest BCUT2D eigenvalue weighted by molar-refractivity contribution is -0.127. The zero-order valence-corrected chi connectivity index (χ0v) is 18.1. The molecule has 1 aliphatic heterocycles. The van der Waals surface area contributed by atoms with Gasteiger partial charge in [-0.1, -0.05) is 24.8 Å². The molecule has 0 N–H and O–H groups in total. The van der Waals surface area contributed by atoms with E-state index < -0.39 is 0 Å². The number of benzene rings is 2. The standard InChI is InChI=1S/C26H24N4O3/c1-2-25(31)28-16-6-7-20(18-28)30-24-17-27-15-14-23(24)29(26(30)32)19-10-12-22(13-11-19)33-21-8-4-3-5-9-21/h2-5,8-15,17,20H,1,6-7,16,18H2. The molecule has 0 radical (unpaired) electrons. The van der Waals surface area contributed by atoms with Gasteiger partial charge in [0.25, 0.3) is 0 Å². The molecule has 166 valence electrons. The number of likely N-dealkylation sites (tertiary alicyclic amines) is 1. The number of carbonyl (C=O) groups excluding carboxylic acids is 1. The van der Waals surface area contributed by atoms with Crippen LogP contribution in [0.1, 0.15) is 18.9 Å². The second-order valence-corrected chi connectivity index (χ2v) is 8.05. The number of aromatic nitrogens is 3. The highest BCUT2D eigenvalue weighted by atomic mass is 16.5. The first-order chi connectivity index (χ1) is 16.2. The minimum atomic E-state index is -0.146. The summed E-state index contributed by atoms with van der Waals surface area (Å²) in [6.45, 7) is 4.75. The second-order valence-electron chi connectivity index (χ2n) is 8.05. The van der Waals surface area contributed by atoms with E-state index in [1.165, 1.54) is 6.08 Å². The van der Waals surface area contributed by atoms with Crippen molar-refractivity contribution in [1.29, 1.82) is 0 Å². The Balaban J connectivity index is 1.52. The number of rotatable bonds is 5. The summed E-state index contributed by atoms with van der Waals surface area (Å²) >= 11 is 0. The number of para-hydroxylation sites is 1. The van der Waals surface area contributed by atoms with E-state index in [4.69, 9.17) is 4.74 Å². The van der Waals surface area contributed by atoms with Gasteiger partial charge in [0.2, 0.25) is 5.91 Å². The first-order valence-corrected chi connectivity index (χ1v) is 11.0. The van der Waals surface area contributed by atoms with Gasteiger partial charge in [-0.15, -0.1) is 0 Å². The van der Waals surface area contributed by atoms with Crippen LogP contribution in [0.25, 0.3) is 16.7 Å². The van der Waals surface area contributed by atoms with Crippen LogP contribution < -0.4 is 10.4 Å². The average Bonchev–Trinajstić information content (AvgIpc) is 3.16. The molecule has 0 bridgehead atoms. The molecule has 1 unspecified atom stereocenters. The summed E-state index contributed by atoms with van der Waals surface area (Å²) in [6, 6.07) is 18.7. The maximum Gasteiger partial charge on any atom is 0.334 e. The van der Waals surface area contributed by atoms with Crippen LogP contribution in [-0.4, -0.2) is 38.0 Å². The number of amides is 1. The number of hydrogen-bond donors (Lipinski definition) is 0. The van der Waals surface area contributed by atoms with Crippen molar-refractivity contribution in [1.82, 2.24) is 19.0 Å². The topological polar surface area (TPSA) is 69.4 Å². The summed E-state index contributed by atoms with van der Waals surface area (Å²) in [5, 5.41) is 0. The largest absolute Gasteiger partial charge is 0.457 e. The van der Waals surface area contributed by atoms with Crippen LogP contribution in [0.2, 0.25) is 0 Å². The highest BCUT2D eigenvalue weighted by Gasteiger charge is 2.27. The summed E-state index contributed by atoms with van der Waals surface area (Å²) in [5.41, 5.74) is 2.13. The van der Waals surface area contributed by atoms with Crippen molar-refractivity contribution in [3.63, 3.8) is 0 Å². The maximum atomic E-state index is 13.7. The number of pyridine rings is 1. The van der Waals surface area contributed by atoms with Gasteiger partial charge in [0.1, 0.15) is 11.5 Å². The summed E-state index contributed by atoms with van der Waals surface area (Å²) in [6.07, 6.45) is 6.38. The number of carbonyl (C=O) groups is 1. The van der Waals surface area contributed by atoms with Gasteiger partial charge in [-0.05, 0) is 61.4 Å². The number of fused-ring (bicyclic) bond motifs is 1. The van der Waals surface area contributed by atoms with E-state index >= 15 is 0 Å². The van der Waals surface area contributed by atoms with E-state index in [1.54, 1.807) is 26.4 Å². The minimum Gasteiger partial charge on any atom is -0.457 e. The van der Waals surface area contributed by atoms with Crippen molar-refractivity contribution in [3.8, 4) is 17.2 Å². The number of nitrogens with zero attached hydrogens (tertiary/aromatic N) is 4. The third-order valence-electron chi connectivity index (χ3n) is 6.00. The molecule has 1 fully saturated rings. The molecule has 1 atom stereocenters. The zero-order valence-electron chi connectivity index (χ0n) is 18.1. The molecule has 7 heteroatoms.